The van der Waals surface area contributed by atoms with Gasteiger partial charge in [0.2, 0.25) is 0 Å². The maximum Gasteiger partial charge on any atom is 0.162 e. The number of fused-ring (bicyclic) bond motifs is 1. The molecule has 2 saturated heterocycles. The first-order chi connectivity index (χ1) is 12.4. The van der Waals surface area contributed by atoms with Gasteiger partial charge in [0.1, 0.15) is 5.78 Å². The highest BCUT2D eigenvalue weighted by molar-refractivity contribution is 6.06. The molecule has 4 nitrogen and oxygen atoms in total. The highest BCUT2D eigenvalue weighted by Gasteiger charge is 2.77. The molecule has 7 atom stereocenters. The molecule has 6 aliphatic rings. The van der Waals surface area contributed by atoms with E-state index in [1.54, 1.807) is 7.11 Å². The Morgan fingerprint density at radius 3 is 2.77 bits per heavy atom. The molecule has 0 aromatic carbocycles. The molecule has 6 rings (SSSR count). The number of hydrogen-bond acceptors (Lipinski definition) is 4. The molecule has 1 spiro atoms. The number of allylic oxidation sites excluding steroid dienone is 1. The molecule has 4 aliphatic carbocycles. The van der Waals surface area contributed by atoms with Crippen LogP contribution in [0.2, 0.25) is 0 Å². The highest BCUT2D eigenvalue weighted by Crippen LogP contribution is 2.74. The molecule has 26 heavy (non-hydrogen) atoms. The van der Waals surface area contributed by atoms with Gasteiger partial charge in [-0.3, -0.25) is 14.5 Å². The zero-order chi connectivity index (χ0) is 18.1. The van der Waals surface area contributed by atoms with E-state index in [-0.39, 0.29) is 17.1 Å². The average molecular weight is 355 g/mol. The number of rotatable bonds is 1. The van der Waals surface area contributed by atoms with Crippen LogP contribution in [0.5, 0.6) is 0 Å². The molecule has 4 heteroatoms. The van der Waals surface area contributed by atoms with Crippen LogP contribution in [0, 0.1) is 28.6 Å². The minimum atomic E-state index is -0.494. The van der Waals surface area contributed by atoms with E-state index in [4.69, 9.17) is 4.74 Å². The fourth-order valence-corrected chi connectivity index (χ4v) is 8.69. The quantitative estimate of drug-likeness (QED) is 0.726. The molecule has 0 N–H and O–H groups in total. The van der Waals surface area contributed by atoms with Crippen LogP contribution in [0.4, 0.5) is 0 Å². The van der Waals surface area contributed by atoms with Gasteiger partial charge in [-0.1, -0.05) is 13.8 Å². The molecule has 2 saturated carbocycles. The first kappa shape index (κ1) is 16.0. The Morgan fingerprint density at radius 1 is 1.19 bits per heavy atom. The number of Topliss-reactive ketones (excluding diaryl/α,β-unsaturated/α-hetero) is 2. The second-order valence-corrected chi connectivity index (χ2v) is 10.2. The van der Waals surface area contributed by atoms with E-state index < -0.39 is 11.0 Å². The molecule has 140 valence electrons. The van der Waals surface area contributed by atoms with E-state index in [1.165, 1.54) is 0 Å². The zero-order valence-corrected chi connectivity index (χ0v) is 16.1. The Balaban J connectivity index is 1.68. The monoisotopic (exact) mass is 355 g/mol. The van der Waals surface area contributed by atoms with Gasteiger partial charge < -0.3 is 4.74 Å². The predicted molar refractivity (Wildman–Crippen MR) is 96.5 cm³/mol. The van der Waals surface area contributed by atoms with Gasteiger partial charge in [-0.05, 0) is 55.1 Å². The second kappa shape index (κ2) is 4.52. The van der Waals surface area contributed by atoms with Gasteiger partial charge in [0.25, 0.3) is 0 Å². The predicted octanol–water partition coefficient (Wildman–Crippen LogP) is 2.76. The number of nitrogens with zero attached hydrogens (tertiary/aromatic N) is 1. The molecule has 0 aromatic heterocycles. The standard InChI is InChI=1S/C22H29NO3/c1-12-10-23-11-13-4-6-21(26-3)9-16(24)14-5-7-22(18(14)21)19(25)15(12)8-17(23)20(13,22)2/h12-13,15,17H,4-11H2,1-3H3. The van der Waals surface area contributed by atoms with E-state index in [0.29, 0.717) is 30.1 Å². The summed E-state index contributed by atoms with van der Waals surface area (Å²) in [5, 5.41) is 0. The van der Waals surface area contributed by atoms with Gasteiger partial charge in [-0.15, -0.1) is 0 Å². The van der Waals surface area contributed by atoms with Crippen molar-refractivity contribution in [1.29, 1.82) is 0 Å². The van der Waals surface area contributed by atoms with Crippen molar-refractivity contribution in [2.75, 3.05) is 20.2 Å². The summed E-state index contributed by atoms with van der Waals surface area (Å²) in [7, 11) is 1.77. The largest absolute Gasteiger partial charge is 0.373 e. The van der Waals surface area contributed by atoms with E-state index in [0.717, 1.165) is 56.3 Å². The number of piperidine rings is 1. The van der Waals surface area contributed by atoms with Crippen molar-refractivity contribution in [2.24, 2.45) is 28.6 Å². The van der Waals surface area contributed by atoms with Crippen molar-refractivity contribution in [3.8, 4) is 0 Å². The average Bonchev–Trinajstić information content (AvgIpc) is 3.22. The van der Waals surface area contributed by atoms with Crippen LogP contribution in [-0.4, -0.2) is 48.3 Å². The summed E-state index contributed by atoms with van der Waals surface area (Å²) < 4.78 is 6.14. The Hall–Kier alpha value is -1.00. The third kappa shape index (κ3) is 1.37. The summed E-state index contributed by atoms with van der Waals surface area (Å²) in [5.74, 6) is 1.86. The summed E-state index contributed by atoms with van der Waals surface area (Å²) in [6, 6.07) is 0.501. The lowest BCUT2D eigenvalue weighted by molar-refractivity contribution is -0.159. The van der Waals surface area contributed by atoms with E-state index in [2.05, 4.69) is 18.7 Å². The van der Waals surface area contributed by atoms with Crippen LogP contribution in [0.15, 0.2) is 11.1 Å². The molecule has 2 heterocycles. The molecular formula is C22H29NO3. The van der Waals surface area contributed by atoms with Gasteiger partial charge in [0.05, 0.1) is 11.0 Å². The van der Waals surface area contributed by atoms with Crippen LogP contribution in [0.1, 0.15) is 52.4 Å². The first-order valence-electron chi connectivity index (χ1n) is 10.5. The molecule has 0 radical (unpaired) electrons. The lowest BCUT2D eigenvalue weighted by Gasteiger charge is -2.60. The first-order valence-corrected chi connectivity index (χ1v) is 10.5. The maximum absolute atomic E-state index is 14.2. The van der Waals surface area contributed by atoms with Gasteiger partial charge >= 0.3 is 0 Å². The van der Waals surface area contributed by atoms with Crippen LogP contribution in [0.25, 0.3) is 0 Å². The summed E-state index contributed by atoms with van der Waals surface area (Å²) in [5.41, 5.74) is 1.18. The smallest absolute Gasteiger partial charge is 0.162 e. The van der Waals surface area contributed by atoms with E-state index >= 15 is 0 Å². The molecule has 0 amide bonds. The van der Waals surface area contributed by atoms with Crippen molar-refractivity contribution in [1.82, 2.24) is 4.90 Å². The van der Waals surface area contributed by atoms with Gasteiger partial charge in [-0.25, -0.2) is 0 Å². The van der Waals surface area contributed by atoms with Crippen molar-refractivity contribution < 1.29 is 14.3 Å². The number of ketones is 2. The van der Waals surface area contributed by atoms with Gasteiger partial charge in [-0.2, -0.15) is 0 Å². The molecule has 4 fully saturated rings. The Morgan fingerprint density at radius 2 is 2.00 bits per heavy atom. The number of ether oxygens (including phenoxy) is 1. The van der Waals surface area contributed by atoms with Crippen LogP contribution >= 0.6 is 0 Å². The van der Waals surface area contributed by atoms with Crippen LogP contribution in [-0.2, 0) is 14.3 Å². The molecule has 7 unspecified atom stereocenters. The summed E-state index contributed by atoms with van der Waals surface area (Å²) in [6.07, 6.45) is 5.14. The molecule has 2 aliphatic heterocycles. The fourth-order valence-electron chi connectivity index (χ4n) is 8.69. The van der Waals surface area contributed by atoms with Crippen molar-refractivity contribution in [3.63, 3.8) is 0 Å². The Kier molecular flexibility index (Phi) is 2.78. The summed E-state index contributed by atoms with van der Waals surface area (Å²) in [4.78, 5) is 29.8. The molecular weight excluding hydrogens is 326 g/mol. The summed E-state index contributed by atoms with van der Waals surface area (Å²) >= 11 is 0. The summed E-state index contributed by atoms with van der Waals surface area (Å²) in [6.45, 7) is 6.88. The normalized spacial score (nSPS) is 54.7. The lowest BCUT2D eigenvalue weighted by Crippen LogP contribution is -2.65. The third-order valence-corrected chi connectivity index (χ3v) is 9.80. The minimum Gasteiger partial charge on any atom is -0.373 e. The minimum absolute atomic E-state index is 0.0251. The fraction of sp³-hybridized carbons (Fsp3) is 0.818. The van der Waals surface area contributed by atoms with E-state index in [1.807, 2.05) is 0 Å². The molecule has 0 aromatic rings. The number of carbonyl (C=O) groups is 2. The van der Waals surface area contributed by atoms with Crippen molar-refractivity contribution >= 4 is 11.6 Å². The lowest BCUT2D eigenvalue weighted by atomic mass is 9.45. The zero-order valence-electron chi connectivity index (χ0n) is 16.1. The SMILES string of the molecule is COC12CCC3CN4CC(C)C5CC4C3(C)C3(CCC(=C13)C(=O)C2)C5=O. The van der Waals surface area contributed by atoms with E-state index in [9.17, 15) is 9.59 Å². The van der Waals surface area contributed by atoms with Crippen LogP contribution < -0.4 is 0 Å². The van der Waals surface area contributed by atoms with Crippen molar-refractivity contribution in [3.05, 3.63) is 11.1 Å². The van der Waals surface area contributed by atoms with Gasteiger partial charge in [0, 0.05) is 44.0 Å². The number of methoxy groups -OCH3 is 1. The Bertz CT molecular complexity index is 786. The number of carbonyl (C=O) groups excluding carboxylic acids is 2. The van der Waals surface area contributed by atoms with Crippen LogP contribution in [0.3, 0.4) is 0 Å². The van der Waals surface area contributed by atoms with Crippen molar-refractivity contribution in [2.45, 2.75) is 64.0 Å². The topological polar surface area (TPSA) is 46.6 Å². The number of hydrogen-bond donors (Lipinski definition) is 0. The molecule has 2 bridgehead atoms. The third-order valence-electron chi connectivity index (χ3n) is 9.80. The highest BCUT2D eigenvalue weighted by atomic mass is 16.5. The Labute approximate surface area is 155 Å². The van der Waals surface area contributed by atoms with Gasteiger partial charge in [0.15, 0.2) is 5.78 Å². The second-order valence-electron chi connectivity index (χ2n) is 10.2. The maximum atomic E-state index is 14.2.